The third-order valence-corrected chi connectivity index (χ3v) is 5.20. The first-order valence-electron chi connectivity index (χ1n) is 11.4. The Balaban J connectivity index is 0.00000298. The number of hydrogen-bond acceptors (Lipinski definition) is 9. The Morgan fingerprint density at radius 2 is 1.54 bits per heavy atom. The van der Waals surface area contributed by atoms with Crippen LogP contribution in [0.2, 0.25) is 0 Å². The van der Waals surface area contributed by atoms with Gasteiger partial charge in [0.05, 0.1) is 27.4 Å². The lowest BCUT2D eigenvalue weighted by atomic mass is 9.79. The quantitative estimate of drug-likeness (QED) is 0.132. The highest BCUT2D eigenvalue weighted by molar-refractivity contribution is 6.24. The van der Waals surface area contributed by atoms with Crippen LogP contribution in [-0.2, 0) is 33.4 Å². The molecule has 1 aromatic rings. The van der Waals surface area contributed by atoms with Crippen molar-refractivity contribution in [2.45, 2.75) is 52.4 Å². The van der Waals surface area contributed by atoms with Crippen LogP contribution in [0.15, 0.2) is 53.0 Å². The van der Waals surface area contributed by atoms with Gasteiger partial charge in [0, 0.05) is 23.5 Å². The summed E-state index contributed by atoms with van der Waals surface area (Å²) in [4.78, 5) is 52.6. The van der Waals surface area contributed by atoms with Crippen molar-refractivity contribution in [3.8, 4) is 0 Å². The number of methoxy groups -OCH3 is 2. The average molecular weight is 492 g/mol. The van der Waals surface area contributed by atoms with Crippen LogP contribution in [0.5, 0.6) is 0 Å². The first-order chi connectivity index (χ1) is 16.8. The summed E-state index contributed by atoms with van der Waals surface area (Å²) in [6, 6.07) is 9.10. The lowest BCUT2D eigenvalue weighted by molar-refractivity contribution is -0.757. The van der Waals surface area contributed by atoms with E-state index in [2.05, 4.69) is 4.84 Å². The number of hydrogen-bond donors (Lipinski definition) is 0. The molecule has 1 aromatic carbocycles. The summed E-state index contributed by atoms with van der Waals surface area (Å²) < 4.78 is 15.5. The van der Waals surface area contributed by atoms with Crippen molar-refractivity contribution in [1.29, 1.82) is 0 Å². The number of ether oxygens (including phenoxy) is 3. The van der Waals surface area contributed by atoms with E-state index in [4.69, 9.17) is 14.2 Å². The number of carbonyl (C=O) groups is 3. The van der Waals surface area contributed by atoms with Crippen molar-refractivity contribution in [1.82, 2.24) is 0 Å². The van der Waals surface area contributed by atoms with E-state index in [1.54, 1.807) is 6.92 Å². The molecule has 0 aromatic heterocycles. The van der Waals surface area contributed by atoms with Crippen molar-refractivity contribution in [2.75, 3.05) is 27.4 Å². The Labute approximate surface area is 205 Å². The second-order valence-corrected chi connectivity index (χ2v) is 7.25. The van der Waals surface area contributed by atoms with E-state index in [1.165, 1.54) is 14.2 Å². The van der Waals surface area contributed by atoms with Crippen LogP contribution in [0.3, 0.4) is 0 Å². The van der Waals surface area contributed by atoms with Crippen LogP contribution in [0, 0.1) is 10.1 Å². The number of benzene rings is 1. The second-order valence-electron chi connectivity index (χ2n) is 7.25. The summed E-state index contributed by atoms with van der Waals surface area (Å²) in [5.41, 5.74) is 1.27. The molecule has 0 heterocycles. The predicted octanol–water partition coefficient (Wildman–Crippen LogP) is 4.08. The normalized spacial score (nSPS) is 14.1. The fraction of sp³-hybridized carbons (Fsp3) is 0.480. The Morgan fingerprint density at radius 3 is 2.11 bits per heavy atom. The molecule has 0 saturated heterocycles. The fourth-order valence-electron chi connectivity index (χ4n) is 3.61. The molecule has 0 amide bonds. The maximum absolute atomic E-state index is 13.2. The Hall–Kier alpha value is -3.69. The molecular formula is C25H33NO9. The van der Waals surface area contributed by atoms with Gasteiger partial charge in [0.15, 0.2) is 0 Å². The maximum Gasteiger partial charge on any atom is 0.305 e. The average Bonchev–Trinajstić information content (AvgIpc) is 2.86. The van der Waals surface area contributed by atoms with Crippen LogP contribution < -0.4 is 0 Å². The molecule has 10 heteroatoms. The number of allylic oxidation sites excluding steroid dienone is 2. The first kappa shape index (κ1) is 29.3. The molecule has 0 spiro atoms. The molecule has 192 valence electrons. The van der Waals surface area contributed by atoms with Crippen molar-refractivity contribution in [3.63, 3.8) is 0 Å². The van der Waals surface area contributed by atoms with E-state index in [9.17, 15) is 24.5 Å². The number of esters is 1. The zero-order valence-corrected chi connectivity index (χ0v) is 20.8. The molecule has 10 nitrogen and oxygen atoms in total. The van der Waals surface area contributed by atoms with E-state index in [0.29, 0.717) is 12.8 Å². The minimum absolute atomic E-state index is 0.00632. The molecule has 1 aliphatic carbocycles. The van der Waals surface area contributed by atoms with Crippen molar-refractivity contribution in [2.24, 2.45) is 0 Å². The van der Waals surface area contributed by atoms with E-state index in [0.717, 1.165) is 5.56 Å². The minimum Gasteiger partial charge on any atom is -0.489 e. The van der Waals surface area contributed by atoms with Crippen molar-refractivity contribution in [3.05, 3.63) is 68.7 Å². The number of rotatable bonds is 13. The summed E-state index contributed by atoms with van der Waals surface area (Å²) in [6.07, 6.45) is 1.03. The van der Waals surface area contributed by atoms with E-state index >= 15 is 0 Å². The minimum atomic E-state index is -0.872. The molecule has 0 fully saturated rings. The van der Waals surface area contributed by atoms with Gasteiger partial charge in [0.1, 0.15) is 0 Å². The van der Waals surface area contributed by atoms with Gasteiger partial charge in [-0.15, -0.1) is 10.1 Å². The van der Waals surface area contributed by atoms with Gasteiger partial charge in [-0.1, -0.05) is 44.2 Å². The monoisotopic (exact) mass is 491 g/mol. The number of Topliss-reactive ketones (excluding diaryl/α,β-unsaturated/α-hetero) is 2. The molecule has 1 atom stereocenters. The molecule has 0 saturated carbocycles. The number of unbranched alkanes of at least 4 members (excludes halogenated alkanes) is 1. The van der Waals surface area contributed by atoms with E-state index in [-0.39, 0.29) is 48.7 Å². The van der Waals surface area contributed by atoms with Gasteiger partial charge in [0.25, 0.3) is 5.09 Å². The third kappa shape index (κ3) is 8.24. The van der Waals surface area contributed by atoms with Crippen molar-refractivity contribution < 1.29 is 38.5 Å². The van der Waals surface area contributed by atoms with Gasteiger partial charge in [-0.2, -0.15) is 0 Å². The van der Waals surface area contributed by atoms with Crippen LogP contribution in [-0.4, -0.2) is 50.1 Å². The molecule has 0 N–H and O–H groups in total. The Morgan fingerprint density at radius 1 is 0.971 bits per heavy atom. The summed E-state index contributed by atoms with van der Waals surface area (Å²) in [6.45, 7) is 5.59. The van der Waals surface area contributed by atoms with Gasteiger partial charge >= 0.3 is 5.97 Å². The van der Waals surface area contributed by atoms with Crippen LogP contribution in [0.4, 0.5) is 0 Å². The predicted molar refractivity (Wildman–Crippen MR) is 127 cm³/mol. The standard InChI is InChI=1S/C23H27NO9.C2H6/c1-15-19(21(27)23(31-3)22(30-2)20(15)26)17(16-9-5-4-6-10-16)11-12-18(25)32-13-7-8-14-33-24(28)29;1-2/h4-6,9-10,17H,7-8,11-14H2,1-3H3;1-2H3. The number of carbonyl (C=O) groups excluding carboxylic acids is 3. The molecule has 1 aliphatic rings. The topological polar surface area (TPSA) is 131 Å². The van der Waals surface area contributed by atoms with E-state index in [1.807, 2.05) is 44.2 Å². The highest BCUT2D eigenvalue weighted by atomic mass is 16.9. The van der Waals surface area contributed by atoms with E-state index < -0.39 is 28.5 Å². The fourth-order valence-corrected chi connectivity index (χ4v) is 3.61. The van der Waals surface area contributed by atoms with Crippen molar-refractivity contribution >= 4 is 17.5 Å². The van der Waals surface area contributed by atoms with Crippen LogP contribution in [0.1, 0.15) is 57.9 Å². The first-order valence-corrected chi connectivity index (χ1v) is 11.4. The largest absolute Gasteiger partial charge is 0.489 e. The third-order valence-electron chi connectivity index (χ3n) is 5.20. The lowest BCUT2D eigenvalue weighted by Crippen LogP contribution is -2.28. The lowest BCUT2D eigenvalue weighted by Gasteiger charge is -2.26. The zero-order valence-electron chi connectivity index (χ0n) is 20.8. The van der Waals surface area contributed by atoms with Gasteiger partial charge < -0.3 is 19.0 Å². The zero-order chi connectivity index (χ0) is 26.4. The molecule has 35 heavy (non-hydrogen) atoms. The van der Waals surface area contributed by atoms with Gasteiger partial charge in [-0.25, -0.2) is 0 Å². The molecule has 0 aliphatic heterocycles. The van der Waals surface area contributed by atoms with Gasteiger partial charge in [0.2, 0.25) is 23.1 Å². The van der Waals surface area contributed by atoms with Gasteiger partial charge in [-0.05, 0) is 31.7 Å². The summed E-state index contributed by atoms with van der Waals surface area (Å²) in [5.74, 6) is -2.21. The molecule has 0 bridgehead atoms. The summed E-state index contributed by atoms with van der Waals surface area (Å²) in [5, 5.41) is 9.24. The molecule has 1 unspecified atom stereocenters. The Kier molecular flexibility index (Phi) is 12.8. The van der Waals surface area contributed by atoms with Crippen LogP contribution in [0.25, 0.3) is 0 Å². The highest BCUT2D eigenvalue weighted by Crippen LogP contribution is 2.37. The SMILES string of the molecule is CC.COC1=C(OC)C(=O)C(C(CCC(=O)OCCCCO[N+](=O)[O-])c2ccccc2)=C(C)C1=O. The molecular weight excluding hydrogens is 458 g/mol. The summed E-state index contributed by atoms with van der Waals surface area (Å²) >= 11 is 0. The highest BCUT2D eigenvalue weighted by Gasteiger charge is 2.38. The van der Waals surface area contributed by atoms with Gasteiger partial charge in [-0.3, -0.25) is 14.4 Å². The Bertz CT molecular complexity index is 951. The molecule has 2 rings (SSSR count). The van der Waals surface area contributed by atoms with Crippen LogP contribution >= 0.6 is 0 Å². The smallest absolute Gasteiger partial charge is 0.305 e. The summed E-state index contributed by atoms with van der Waals surface area (Å²) in [7, 11) is 2.59. The molecule has 0 radical (unpaired) electrons. The second kappa shape index (κ2) is 15.3. The maximum atomic E-state index is 13.2. The number of nitrogens with zero attached hydrogens (tertiary/aromatic N) is 1. The number of ketones is 2.